The highest BCUT2D eigenvalue weighted by Crippen LogP contribution is 2.40. The second kappa shape index (κ2) is 10.3. The Morgan fingerprint density at radius 1 is 1.06 bits per heavy atom. The van der Waals surface area contributed by atoms with Crippen LogP contribution in [-0.4, -0.2) is 29.0 Å². The van der Waals surface area contributed by atoms with Crippen molar-refractivity contribution in [2.24, 2.45) is 0 Å². The van der Waals surface area contributed by atoms with Gasteiger partial charge in [0.25, 0.3) is 5.91 Å². The quantitative estimate of drug-likeness (QED) is 0.288. The molecule has 36 heavy (non-hydrogen) atoms. The summed E-state index contributed by atoms with van der Waals surface area (Å²) in [6, 6.07) is 24.3. The smallest absolute Gasteiger partial charge is 0.329 e. The highest BCUT2D eigenvalue weighted by atomic mass is 32.1. The van der Waals surface area contributed by atoms with Crippen molar-refractivity contribution >= 4 is 28.9 Å². The Morgan fingerprint density at radius 3 is 2.50 bits per heavy atom. The van der Waals surface area contributed by atoms with Crippen LogP contribution >= 0.6 is 11.3 Å². The highest BCUT2D eigenvalue weighted by molar-refractivity contribution is 7.13. The lowest BCUT2D eigenvalue weighted by Gasteiger charge is -2.37. The Morgan fingerprint density at radius 2 is 1.78 bits per heavy atom. The summed E-state index contributed by atoms with van der Waals surface area (Å²) in [4.78, 5) is 32.7. The monoisotopic (exact) mass is 498 g/mol. The van der Waals surface area contributed by atoms with Crippen molar-refractivity contribution in [2.75, 3.05) is 4.90 Å². The van der Waals surface area contributed by atoms with Crippen LogP contribution in [0.4, 0.5) is 5.69 Å². The molecule has 0 N–H and O–H groups in total. The summed E-state index contributed by atoms with van der Waals surface area (Å²) in [5.41, 5.74) is 4.12. The van der Waals surface area contributed by atoms with Gasteiger partial charge in [0.1, 0.15) is 23.4 Å². The average molecular weight is 499 g/mol. The van der Waals surface area contributed by atoms with Crippen LogP contribution in [0.2, 0.25) is 0 Å². The lowest BCUT2D eigenvalue weighted by atomic mass is 10.1. The molecule has 4 aromatic rings. The summed E-state index contributed by atoms with van der Waals surface area (Å²) in [5.74, 6) is -0.165. The van der Waals surface area contributed by atoms with Crippen molar-refractivity contribution in [3.05, 3.63) is 89.8 Å². The van der Waals surface area contributed by atoms with Crippen LogP contribution < -0.4 is 9.64 Å². The minimum Gasteiger partial charge on any atom is -0.478 e. The summed E-state index contributed by atoms with van der Waals surface area (Å²) in [6.07, 6.45) is -0.161. The number of rotatable bonds is 7. The standard InChI is InChI=1S/C29H26N2O4S/c1-3-25-28(32)31(19(2)29(33)34-17-20-10-6-4-7-11-20)24-16-22(14-15-26(24)35-25)23-18-36-27(30-23)21-12-8-5-9-13-21/h4-16,18-19,25H,3,17H2,1-2H3. The van der Waals surface area contributed by atoms with Gasteiger partial charge in [0, 0.05) is 16.5 Å². The summed E-state index contributed by atoms with van der Waals surface area (Å²) < 4.78 is 11.5. The number of anilines is 1. The zero-order valence-corrected chi connectivity index (χ0v) is 20.9. The third-order valence-electron chi connectivity index (χ3n) is 6.14. The van der Waals surface area contributed by atoms with Gasteiger partial charge in [-0.3, -0.25) is 9.69 Å². The Bertz CT molecular complexity index is 1370. The van der Waals surface area contributed by atoms with Crippen LogP contribution in [0.25, 0.3) is 21.8 Å². The van der Waals surface area contributed by atoms with E-state index in [0.29, 0.717) is 17.9 Å². The van der Waals surface area contributed by atoms with Crippen LogP contribution in [0.15, 0.2) is 84.2 Å². The molecule has 0 radical (unpaired) electrons. The number of hydrogen-bond donors (Lipinski definition) is 0. The number of ether oxygens (including phenoxy) is 2. The minimum absolute atomic E-state index is 0.147. The fourth-order valence-corrected chi connectivity index (χ4v) is 5.01. The zero-order chi connectivity index (χ0) is 25.1. The van der Waals surface area contributed by atoms with E-state index in [1.807, 2.05) is 91.2 Å². The summed E-state index contributed by atoms with van der Waals surface area (Å²) >= 11 is 1.56. The Kier molecular flexibility index (Phi) is 6.82. The molecule has 3 aromatic carbocycles. The summed E-state index contributed by atoms with van der Waals surface area (Å²) in [6.45, 7) is 3.72. The summed E-state index contributed by atoms with van der Waals surface area (Å²) in [5, 5.41) is 2.91. The number of amides is 1. The molecule has 0 bridgehead atoms. The van der Waals surface area contributed by atoms with Gasteiger partial charge in [0.2, 0.25) is 0 Å². The molecular formula is C29H26N2O4S. The van der Waals surface area contributed by atoms with E-state index in [2.05, 4.69) is 0 Å². The van der Waals surface area contributed by atoms with Crippen LogP contribution in [0, 0.1) is 0 Å². The molecule has 0 fully saturated rings. The largest absolute Gasteiger partial charge is 0.478 e. The Hall–Kier alpha value is -3.97. The molecule has 7 heteroatoms. The van der Waals surface area contributed by atoms with Gasteiger partial charge in [-0.1, -0.05) is 67.6 Å². The van der Waals surface area contributed by atoms with Crippen LogP contribution in [0.1, 0.15) is 25.8 Å². The average Bonchev–Trinajstić information content (AvgIpc) is 3.42. The Labute approximate surface area is 214 Å². The van der Waals surface area contributed by atoms with E-state index in [-0.39, 0.29) is 12.5 Å². The number of carbonyl (C=O) groups excluding carboxylic acids is 2. The second-order valence-corrected chi connectivity index (χ2v) is 9.44. The molecule has 0 aliphatic carbocycles. The van der Waals surface area contributed by atoms with Gasteiger partial charge in [0.15, 0.2) is 6.10 Å². The first-order valence-corrected chi connectivity index (χ1v) is 12.8. The van der Waals surface area contributed by atoms with Gasteiger partial charge >= 0.3 is 5.97 Å². The lowest BCUT2D eigenvalue weighted by Crippen LogP contribution is -2.52. The minimum atomic E-state index is -0.816. The van der Waals surface area contributed by atoms with Gasteiger partial charge in [-0.2, -0.15) is 0 Å². The molecular weight excluding hydrogens is 472 g/mol. The van der Waals surface area contributed by atoms with Gasteiger partial charge in [0.05, 0.1) is 11.4 Å². The van der Waals surface area contributed by atoms with E-state index in [0.717, 1.165) is 27.4 Å². The molecule has 1 aromatic heterocycles. The topological polar surface area (TPSA) is 68.7 Å². The van der Waals surface area contributed by atoms with Crippen LogP contribution in [-0.2, 0) is 20.9 Å². The van der Waals surface area contributed by atoms with E-state index in [1.165, 1.54) is 4.90 Å². The Balaban J connectivity index is 1.44. The third kappa shape index (κ3) is 4.75. The molecule has 1 amide bonds. The van der Waals surface area contributed by atoms with Gasteiger partial charge in [-0.15, -0.1) is 11.3 Å². The molecule has 2 atom stereocenters. The SMILES string of the molecule is CCC1Oc2ccc(-c3csc(-c4ccccc4)n3)cc2N(C(C)C(=O)OCc2ccccc2)C1=O. The molecule has 182 valence electrons. The number of aromatic nitrogens is 1. The van der Waals surface area contributed by atoms with E-state index in [4.69, 9.17) is 14.5 Å². The summed E-state index contributed by atoms with van der Waals surface area (Å²) in [7, 11) is 0. The number of esters is 1. The van der Waals surface area contributed by atoms with Crippen molar-refractivity contribution in [2.45, 2.75) is 39.0 Å². The molecule has 0 spiro atoms. The van der Waals surface area contributed by atoms with Crippen LogP contribution in [0.5, 0.6) is 5.75 Å². The molecule has 5 rings (SSSR count). The maximum Gasteiger partial charge on any atom is 0.329 e. The van der Waals surface area contributed by atoms with Gasteiger partial charge < -0.3 is 9.47 Å². The predicted octanol–water partition coefficient (Wildman–Crippen LogP) is 6.11. The van der Waals surface area contributed by atoms with Crippen molar-refractivity contribution in [3.8, 4) is 27.6 Å². The van der Waals surface area contributed by atoms with Crippen molar-refractivity contribution in [3.63, 3.8) is 0 Å². The number of fused-ring (bicyclic) bond motifs is 1. The van der Waals surface area contributed by atoms with E-state index < -0.39 is 18.1 Å². The first-order valence-electron chi connectivity index (χ1n) is 11.9. The molecule has 0 saturated heterocycles. The number of carbonyl (C=O) groups is 2. The lowest BCUT2D eigenvalue weighted by molar-refractivity contribution is -0.148. The van der Waals surface area contributed by atoms with Crippen LogP contribution in [0.3, 0.4) is 0 Å². The van der Waals surface area contributed by atoms with E-state index in [9.17, 15) is 9.59 Å². The molecule has 2 heterocycles. The fraction of sp³-hybridized carbons (Fsp3) is 0.207. The zero-order valence-electron chi connectivity index (χ0n) is 20.1. The normalized spacial score (nSPS) is 15.7. The van der Waals surface area contributed by atoms with Gasteiger partial charge in [-0.05, 0) is 37.1 Å². The number of thiazole rings is 1. The highest BCUT2D eigenvalue weighted by Gasteiger charge is 2.39. The van der Waals surface area contributed by atoms with Gasteiger partial charge in [-0.25, -0.2) is 9.78 Å². The molecule has 1 aliphatic heterocycles. The third-order valence-corrected chi connectivity index (χ3v) is 7.04. The first-order chi connectivity index (χ1) is 17.5. The maximum atomic E-state index is 13.4. The number of nitrogens with zero attached hydrogens (tertiary/aromatic N) is 2. The van der Waals surface area contributed by atoms with Crippen molar-refractivity contribution < 1.29 is 19.1 Å². The van der Waals surface area contributed by atoms with Crippen molar-refractivity contribution in [1.29, 1.82) is 0 Å². The van der Waals surface area contributed by atoms with E-state index in [1.54, 1.807) is 18.3 Å². The predicted molar refractivity (Wildman–Crippen MR) is 141 cm³/mol. The fourth-order valence-electron chi connectivity index (χ4n) is 4.17. The maximum absolute atomic E-state index is 13.4. The first kappa shape index (κ1) is 23.8. The van der Waals surface area contributed by atoms with E-state index >= 15 is 0 Å². The molecule has 2 unspecified atom stereocenters. The van der Waals surface area contributed by atoms with Crippen molar-refractivity contribution in [1.82, 2.24) is 4.98 Å². The molecule has 0 saturated carbocycles. The number of hydrogen-bond acceptors (Lipinski definition) is 6. The number of benzene rings is 3. The molecule has 6 nitrogen and oxygen atoms in total. The molecule has 1 aliphatic rings. The second-order valence-electron chi connectivity index (χ2n) is 8.58.